The van der Waals surface area contributed by atoms with Gasteiger partial charge in [-0.05, 0) is 63.5 Å². The fourth-order valence-corrected chi connectivity index (χ4v) is 6.29. The summed E-state index contributed by atoms with van der Waals surface area (Å²) in [6, 6.07) is 4.43. The molecule has 3 fully saturated rings. The normalized spacial score (nSPS) is 28.1. The van der Waals surface area contributed by atoms with Crippen LogP contribution in [0.1, 0.15) is 57.2 Å². The minimum absolute atomic E-state index is 0.0556. The van der Waals surface area contributed by atoms with Crippen molar-refractivity contribution in [1.82, 2.24) is 19.7 Å². The summed E-state index contributed by atoms with van der Waals surface area (Å²) >= 11 is 0. The van der Waals surface area contributed by atoms with Crippen molar-refractivity contribution in [3.8, 4) is 17.0 Å². The standard InChI is InChI=1S/C24H33F2N5O2/c1-14(2)31-20(12-19(29-31)16-11-21(33-24(25)26)23(27)28-13-16)18-10-15-4-5-17(18)22(15)30-6-3-8-32-9-7-30/h11-15,17-18,22,24H,3-10H2,1-2H3,(H2,27,28)/t15?,17?,18-,22-/m0/s1. The van der Waals surface area contributed by atoms with Crippen LogP contribution in [0.15, 0.2) is 18.3 Å². The maximum Gasteiger partial charge on any atom is 0.387 e. The average molecular weight is 462 g/mol. The van der Waals surface area contributed by atoms with Crippen molar-refractivity contribution in [3.05, 3.63) is 24.0 Å². The first-order valence-corrected chi connectivity index (χ1v) is 12.0. The van der Waals surface area contributed by atoms with Crippen molar-refractivity contribution in [2.24, 2.45) is 11.8 Å². The van der Waals surface area contributed by atoms with Crippen LogP contribution >= 0.6 is 0 Å². The van der Waals surface area contributed by atoms with E-state index in [2.05, 4.69) is 39.2 Å². The number of pyridine rings is 1. The summed E-state index contributed by atoms with van der Waals surface area (Å²) < 4.78 is 37.9. The predicted octanol–water partition coefficient (Wildman–Crippen LogP) is 4.31. The first-order chi connectivity index (χ1) is 15.9. The Bertz CT molecular complexity index is 974. The summed E-state index contributed by atoms with van der Waals surface area (Å²) in [5.74, 6) is 1.59. The molecule has 2 aliphatic carbocycles. The molecular formula is C24H33F2N5O2. The number of fused-ring (bicyclic) bond motifs is 2. The molecule has 2 bridgehead atoms. The number of nitrogens with zero attached hydrogens (tertiary/aromatic N) is 4. The molecular weight excluding hydrogens is 428 g/mol. The molecule has 5 rings (SSSR count). The molecule has 0 amide bonds. The number of rotatable bonds is 6. The van der Waals surface area contributed by atoms with Gasteiger partial charge in [0.05, 0.1) is 12.3 Å². The molecule has 0 spiro atoms. The lowest BCUT2D eigenvalue weighted by molar-refractivity contribution is -0.0494. The number of nitrogen functional groups attached to an aromatic ring is 1. The third-order valence-electron chi connectivity index (χ3n) is 7.57. The van der Waals surface area contributed by atoms with Crippen LogP contribution in [0.25, 0.3) is 11.3 Å². The van der Waals surface area contributed by atoms with Crippen molar-refractivity contribution >= 4 is 5.82 Å². The monoisotopic (exact) mass is 461 g/mol. The van der Waals surface area contributed by atoms with Crippen molar-refractivity contribution in [3.63, 3.8) is 0 Å². The lowest BCUT2D eigenvalue weighted by Crippen LogP contribution is -2.40. The molecule has 4 atom stereocenters. The average Bonchev–Trinajstić information content (AvgIpc) is 3.43. The number of halogens is 2. The van der Waals surface area contributed by atoms with Crippen LogP contribution in [-0.4, -0.2) is 58.6 Å². The molecule has 2 unspecified atom stereocenters. The van der Waals surface area contributed by atoms with E-state index in [1.807, 2.05) is 0 Å². The summed E-state index contributed by atoms with van der Waals surface area (Å²) in [6.07, 6.45) is 6.38. The van der Waals surface area contributed by atoms with Gasteiger partial charge in [-0.15, -0.1) is 0 Å². The van der Waals surface area contributed by atoms with E-state index in [0.29, 0.717) is 35.1 Å². The highest BCUT2D eigenvalue weighted by Crippen LogP contribution is 2.55. The maximum atomic E-state index is 12.8. The molecule has 0 aromatic carbocycles. The SMILES string of the molecule is CC(C)n1nc(-c2cnc(N)c(OC(F)F)c2)cc1[C@H]1CC2CCC1[C@H]2N1CCCOCC1. The molecule has 2 aromatic heterocycles. The molecule has 0 radical (unpaired) electrons. The van der Waals surface area contributed by atoms with Gasteiger partial charge in [-0.25, -0.2) is 4.98 Å². The van der Waals surface area contributed by atoms with Crippen molar-refractivity contribution in [2.45, 2.75) is 64.1 Å². The maximum absolute atomic E-state index is 12.8. The predicted molar refractivity (Wildman–Crippen MR) is 121 cm³/mol. The topological polar surface area (TPSA) is 78.4 Å². The molecule has 2 aromatic rings. The number of alkyl halides is 2. The van der Waals surface area contributed by atoms with E-state index in [1.165, 1.54) is 31.0 Å². The van der Waals surface area contributed by atoms with Crippen LogP contribution in [0.4, 0.5) is 14.6 Å². The van der Waals surface area contributed by atoms with Gasteiger partial charge in [0.1, 0.15) is 0 Å². The number of anilines is 1. The van der Waals surface area contributed by atoms with E-state index in [4.69, 9.17) is 15.6 Å². The van der Waals surface area contributed by atoms with Gasteiger partial charge < -0.3 is 15.2 Å². The Balaban J connectivity index is 1.45. The first kappa shape index (κ1) is 22.5. The molecule has 9 heteroatoms. The number of ether oxygens (including phenoxy) is 2. The third kappa shape index (κ3) is 4.33. The Morgan fingerprint density at radius 2 is 2.03 bits per heavy atom. The fraction of sp³-hybridized carbons (Fsp3) is 0.667. The van der Waals surface area contributed by atoms with E-state index in [-0.39, 0.29) is 17.6 Å². The first-order valence-electron chi connectivity index (χ1n) is 12.0. The van der Waals surface area contributed by atoms with E-state index in [1.54, 1.807) is 6.20 Å². The molecule has 1 saturated heterocycles. The third-order valence-corrected chi connectivity index (χ3v) is 7.57. The smallest absolute Gasteiger partial charge is 0.387 e. The minimum Gasteiger partial charge on any atom is -0.431 e. The van der Waals surface area contributed by atoms with E-state index in [0.717, 1.165) is 32.7 Å². The van der Waals surface area contributed by atoms with Crippen LogP contribution < -0.4 is 10.5 Å². The van der Waals surface area contributed by atoms with Crippen LogP contribution in [0, 0.1) is 11.8 Å². The lowest BCUT2D eigenvalue weighted by atomic mass is 9.85. The molecule has 1 aliphatic heterocycles. The van der Waals surface area contributed by atoms with Crippen LogP contribution in [0.3, 0.4) is 0 Å². The number of nitrogens with two attached hydrogens (primary N) is 1. The van der Waals surface area contributed by atoms with Crippen molar-refractivity contribution < 1.29 is 18.3 Å². The number of aromatic nitrogens is 3. The van der Waals surface area contributed by atoms with Crippen molar-refractivity contribution in [2.75, 3.05) is 32.0 Å². The fourth-order valence-electron chi connectivity index (χ4n) is 6.29. The van der Waals surface area contributed by atoms with Crippen LogP contribution in [0.2, 0.25) is 0 Å². The number of hydrogen-bond acceptors (Lipinski definition) is 6. The zero-order valence-corrected chi connectivity index (χ0v) is 19.3. The van der Waals surface area contributed by atoms with Gasteiger partial charge in [0.15, 0.2) is 11.6 Å². The van der Waals surface area contributed by atoms with E-state index < -0.39 is 6.61 Å². The largest absolute Gasteiger partial charge is 0.431 e. The Hall–Kier alpha value is -2.26. The van der Waals surface area contributed by atoms with E-state index in [9.17, 15) is 8.78 Å². The van der Waals surface area contributed by atoms with Gasteiger partial charge in [0.25, 0.3) is 0 Å². The lowest BCUT2D eigenvalue weighted by Gasteiger charge is -2.31. The molecule has 7 nitrogen and oxygen atoms in total. The Kier molecular flexibility index (Phi) is 6.26. The second-order valence-corrected chi connectivity index (χ2v) is 9.81. The van der Waals surface area contributed by atoms with Gasteiger partial charge in [0.2, 0.25) is 0 Å². The molecule has 3 aliphatic rings. The molecule has 3 heterocycles. The zero-order valence-electron chi connectivity index (χ0n) is 19.3. The van der Waals surface area contributed by atoms with Gasteiger partial charge in [-0.2, -0.15) is 13.9 Å². The molecule has 2 N–H and O–H groups in total. The minimum atomic E-state index is -2.96. The Morgan fingerprint density at radius 1 is 1.18 bits per heavy atom. The van der Waals surface area contributed by atoms with Gasteiger partial charge in [0, 0.05) is 55.2 Å². The van der Waals surface area contributed by atoms with E-state index >= 15 is 0 Å². The summed E-state index contributed by atoms with van der Waals surface area (Å²) in [5, 5.41) is 4.87. The molecule has 33 heavy (non-hydrogen) atoms. The number of hydrogen-bond donors (Lipinski definition) is 1. The highest BCUT2D eigenvalue weighted by molar-refractivity contribution is 5.64. The quantitative estimate of drug-likeness (QED) is 0.691. The summed E-state index contributed by atoms with van der Waals surface area (Å²) in [5.41, 5.74) is 8.31. The Morgan fingerprint density at radius 3 is 2.82 bits per heavy atom. The van der Waals surface area contributed by atoms with Gasteiger partial charge >= 0.3 is 6.61 Å². The second-order valence-electron chi connectivity index (χ2n) is 9.81. The zero-order chi connectivity index (χ0) is 23.1. The van der Waals surface area contributed by atoms with Gasteiger partial charge in [-0.1, -0.05) is 0 Å². The van der Waals surface area contributed by atoms with Crippen molar-refractivity contribution in [1.29, 1.82) is 0 Å². The van der Waals surface area contributed by atoms with Crippen LogP contribution in [0.5, 0.6) is 5.75 Å². The highest BCUT2D eigenvalue weighted by atomic mass is 19.3. The second kappa shape index (κ2) is 9.18. The summed E-state index contributed by atoms with van der Waals surface area (Å²) in [6.45, 7) is 5.11. The summed E-state index contributed by atoms with van der Waals surface area (Å²) in [4.78, 5) is 6.73. The molecule has 180 valence electrons. The Labute approximate surface area is 193 Å². The van der Waals surface area contributed by atoms with Gasteiger partial charge in [-0.3, -0.25) is 9.58 Å². The summed E-state index contributed by atoms with van der Waals surface area (Å²) in [7, 11) is 0. The molecule has 2 saturated carbocycles. The highest BCUT2D eigenvalue weighted by Gasteiger charge is 2.51. The van der Waals surface area contributed by atoms with Crippen LogP contribution in [-0.2, 0) is 4.74 Å².